The first-order valence-electron chi connectivity index (χ1n) is 8.31. The van der Waals surface area contributed by atoms with Gasteiger partial charge in [-0.2, -0.15) is 0 Å². The summed E-state index contributed by atoms with van der Waals surface area (Å²) in [7, 11) is 0. The Balaban J connectivity index is 0.00000127. The summed E-state index contributed by atoms with van der Waals surface area (Å²) in [6.45, 7) is 12.8. The molecule has 0 spiro atoms. The minimum absolute atomic E-state index is 0.0875. The van der Waals surface area contributed by atoms with E-state index in [1.807, 2.05) is 68.1 Å². The molecule has 0 bridgehead atoms. The summed E-state index contributed by atoms with van der Waals surface area (Å²) in [5.74, 6) is 0.0875. The molecule has 0 unspecified atom stereocenters. The molecule has 1 amide bonds. The highest BCUT2D eigenvalue weighted by Crippen LogP contribution is 2.22. The van der Waals surface area contributed by atoms with Crippen LogP contribution >= 0.6 is 0 Å². The molecule has 0 aliphatic carbocycles. The summed E-state index contributed by atoms with van der Waals surface area (Å²) < 4.78 is 0. The smallest absolute Gasteiger partial charge is 0.254 e. The molecular formula is C21H29NO. The van der Waals surface area contributed by atoms with E-state index in [-0.39, 0.29) is 11.4 Å². The molecule has 0 radical (unpaired) electrons. The van der Waals surface area contributed by atoms with Gasteiger partial charge in [-0.15, -0.1) is 0 Å². The lowest BCUT2D eigenvalue weighted by Crippen LogP contribution is -2.45. The second kappa shape index (κ2) is 8.52. The summed E-state index contributed by atoms with van der Waals surface area (Å²) in [6, 6.07) is 17.9. The van der Waals surface area contributed by atoms with E-state index in [1.165, 1.54) is 0 Å². The van der Waals surface area contributed by atoms with Crippen LogP contribution in [0, 0.1) is 6.92 Å². The van der Waals surface area contributed by atoms with Gasteiger partial charge in [-0.1, -0.05) is 62.4 Å². The van der Waals surface area contributed by atoms with Gasteiger partial charge in [0.1, 0.15) is 0 Å². The molecule has 2 aromatic carbocycles. The van der Waals surface area contributed by atoms with Crippen LogP contribution in [0.25, 0.3) is 0 Å². The molecule has 2 nitrogen and oxygen atoms in total. The topological polar surface area (TPSA) is 20.3 Å². The van der Waals surface area contributed by atoms with Crippen LogP contribution in [-0.2, 0) is 6.54 Å². The predicted octanol–water partition coefficient (Wildman–Crippen LogP) is 5.46. The lowest BCUT2D eigenvalue weighted by Gasteiger charge is -2.36. The zero-order valence-corrected chi connectivity index (χ0v) is 15.3. The van der Waals surface area contributed by atoms with Crippen molar-refractivity contribution in [2.45, 2.75) is 53.6 Å². The van der Waals surface area contributed by atoms with E-state index in [0.717, 1.165) is 16.7 Å². The molecule has 0 aliphatic heterocycles. The summed E-state index contributed by atoms with van der Waals surface area (Å²) >= 11 is 0. The number of hydrogen-bond donors (Lipinski definition) is 0. The Hall–Kier alpha value is -2.09. The molecule has 0 saturated heterocycles. The molecule has 0 fully saturated rings. The van der Waals surface area contributed by atoms with Gasteiger partial charge in [-0.25, -0.2) is 0 Å². The predicted molar refractivity (Wildman–Crippen MR) is 98.6 cm³/mol. The first-order valence-corrected chi connectivity index (χ1v) is 8.31. The Morgan fingerprint density at radius 1 is 0.913 bits per heavy atom. The van der Waals surface area contributed by atoms with Gasteiger partial charge < -0.3 is 4.90 Å². The number of carbonyl (C=O) groups is 1. The Labute approximate surface area is 141 Å². The first-order chi connectivity index (χ1) is 10.9. The van der Waals surface area contributed by atoms with Crippen LogP contribution < -0.4 is 0 Å². The molecule has 0 saturated carbocycles. The number of carbonyl (C=O) groups excluding carboxylic acids is 1. The molecule has 2 aromatic rings. The van der Waals surface area contributed by atoms with E-state index in [2.05, 4.69) is 32.9 Å². The Morgan fingerprint density at radius 3 is 1.96 bits per heavy atom. The van der Waals surface area contributed by atoms with Crippen LogP contribution in [0.4, 0.5) is 0 Å². The summed E-state index contributed by atoms with van der Waals surface area (Å²) in [4.78, 5) is 14.9. The van der Waals surface area contributed by atoms with Crippen molar-refractivity contribution in [1.82, 2.24) is 4.90 Å². The minimum atomic E-state index is -0.227. The SMILES string of the molecule is CC.Cc1ccccc1C(=O)N(Cc1ccccc1)C(C)(C)C. The van der Waals surface area contributed by atoms with Crippen molar-refractivity contribution in [3.05, 3.63) is 71.3 Å². The van der Waals surface area contributed by atoms with Gasteiger partial charge in [0.05, 0.1) is 0 Å². The van der Waals surface area contributed by atoms with E-state index in [9.17, 15) is 4.79 Å². The molecule has 2 rings (SSSR count). The standard InChI is InChI=1S/C19H23NO.C2H6/c1-15-10-8-9-13-17(15)18(21)20(19(2,3)4)14-16-11-6-5-7-12-16;1-2/h5-13H,14H2,1-4H3;1-2H3. The second-order valence-electron chi connectivity index (χ2n) is 6.36. The highest BCUT2D eigenvalue weighted by Gasteiger charge is 2.28. The van der Waals surface area contributed by atoms with Crippen molar-refractivity contribution >= 4 is 5.91 Å². The highest BCUT2D eigenvalue weighted by molar-refractivity contribution is 5.96. The van der Waals surface area contributed by atoms with Gasteiger partial charge in [0, 0.05) is 17.6 Å². The van der Waals surface area contributed by atoms with Crippen LogP contribution in [0.1, 0.15) is 56.1 Å². The molecule has 23 heavy (non-hydrogen) atoms. The van der Waals surface area contributed by atoms with Gasteiger partial charge in [0.25, 0.3) is 5.91 Å². The largest absolute Gasteiger partial charge is 0.329 e. The molecular weight excluding hydrogens is 282 g/mol. The quantitative estimate of drug-likeness (QED) is 0.737. The summed E-state index contributed by atoms with van der Waals surface area (Å²) in [5.41, 5.74) is 2.72. The Kier molecular flexibility index (Phi) is 7.02. The van der Waals surface area contributed by atoms with E-state index in [4.69, 9.17) is 0 Å². The number of aryl methyl sites for hydroxylation is 1. The van der Waals surface area contributed by atoms with E-state index < -0.39 is 0 Å². The van der Waals surface area contributed by atoms with Crippen LogP contribution in [0.2, 0.25) is 0 Å². The van der Waals surface area contributed by atoms with Crippen molar-refractivity contribution in [1.29, 1.82) is 0 Å². The summed E-state index contributed by atoms with van der Waals surface area (Å²) in [6.07, 6.45) is 0. The summed E-state index contributed by atoms with van der Waals surface area (Å²) in [5, 5.41) is 0. The average molecular weight is 311 g/mol. The van der Waals surface area contributed by atoms with Gasteiger partial charge in [-0.05, 0) is 44.9 Å². The van der Waals surface area contributed by atoms with Crippen molar-refractivity contribution in [3.8, 4) is 0 Å². The first kappa shape index (κ1) is 19.0. The van der Waals surface area contributed by atoms with Crippen LogP contribution in [-0.4, -0.2) is 16.3 Å². The number of benzene rings is 2. The third-order valence-corrected chi connectivity index (χ3v) is 3.61. The fourth-order valence-electron chi connectivity index (χ4n) is 2.34. The van der Waals surface area contributed by atoms with Gasteiger partial charge >= 0.3 is 0 Å². The number of nitrogens with zero attached hydrogens (tertiary/aromatic N) is 1. The van der Waals surface area contributed by atoms with Crippen molar-refractivity contribution < 1.29 is 4.79 Å². The molecule has 0 aliphatic rings. The molecule has 2 heteroatoms. The van der Waals surface area contributed by atoms with Crippen molar-refractivity contribution in [3.63, 3.8) is 0 Å². The normalized spacial score (nSPS) is 10.5. The average Bonchev–Trinajstić information content (AvgIpc) is 2.54. The minimum Gasteiger partial charge on any atom is -0.329 e. The monoisotopic (exact) mass is 311 g/mol. The fourth-order valence-corrected chi connectivity index (χ4v) is 2.34. The van der Waals surface area contributed by atoms with Crippen LogP contribution in [0.5, 0.6) is 0 Å². The Morgan fingerprint density at radius 2 is 1.43 bits per heavy atom. The van der Waals surface area contributed by atoms with Crippen molar-refractivity contribution in [2.75, 3.05) is 0 Å². The maximum atomic E-state index is 12.9. The van der Waals surface area contributed by atoms with Gasteiger partial charge in [-0.3, -0.25) is 4.79 Å². The molecule has 0 N–H and O–H groups in total. The lowest BCUT2D eigenvalue weighted by molar-refractivity contribution is 0.0558. The third kappa shape index (κ3) is 5.24. The zero-order chi connectivity index (χ0) is 17.5. The number of amides is 1. The van der Waals surface area contributed by atoms with Gasteiger partial charge in [0.15, 0.2) is 0 Å². The van der Waals surface area contributed by atoms with E-state index in [1.54, 1.807) is 0 Å². The Bertz CT molecular complexity index is 611. The maximum Gasteiger partial charge on any atom is 0.254 e. The second-order valence-corrected chi connectivity index (χ2v) is 6.36. The third-order valence-electron chi connectivity index (χ3n) is 3.61. The maximum absolute atomic E-state index is 12.9. The van der Waals surface area contributed by atoms with Crippen LogP contribution in [0.3, 0.4) is 0 Å². The van der Waals surface area contributed by atoms with Gasteiger partial charge in [0.2, 0.25) is 0 Å². The van der Waals surface area contributed by atoms with Crippen LogP contribution in [0.15, 0.2) is 54.6 Å². The number of rotatable bonds is 3. The molecule has 124 valence electrons. The zero-order valence-electron chi connectivity index (χ0n) is 15.3. The lowest BCUT2D eigenvalue weighted by atomic mass is 10.0. The highest BCUT2D eigenvalue weighted by atomic mass is 16.2. The number of hydrogen-bond acceptors (Lipinski definition) is 1. The molecule has 0 heterocycles. The van der Waals surface area contributed by atoms with E-state index in [0.29, 0.717) is 6.54 Å². The van der Waals surface area contributed by atoms with Crippen molar-refractivity contribution in [2.24, 2.45) is 0 Å². The fraction of sp³-hybridized carbons (Fsp3) is 0.381. The van der Waals surface area contributed by atoms with E-state index >= 15 is 0 Å². The molecule has 0 aromatic heterocycles. The molecule has 0 atom stereocenters.